The summed E-state index contributed by atoms with van der Waals surface area (Å²) in [7, 11) is 0. The molecule has 3 rings (SSSR count). The van der Waals surface area contributed by atoms with Crippen LogP contribution in [0.25, 0.3) is 22.2 Å². The average molecular weight is 243 g/mol. The van der Waals surface area contributed by atoms with Crippen molar-refractivity contribution in [2.75, 3.05) is 0 Å². The first kappa shape index (κ1) is 11.0. The van der Waals surface area contributed by atoms with Crippen molar-refractivity contribution in [3.63, 3.8) is 0 Å². The molecule has 0 aliphatic carbocycles. The molecule has 0 aliphatic heterocycles. The molecule has 0 radical (unpaired) electrons. The van der Waals surface area contributed by atoms with Crippen LogP contribution in [-0.2, 0) is 0 Å². The van der Waals surface area contributed by atoms with Crippen molar-refractivity contribution in [2.24, 2.45) is 0 Å². The second kappa shape index (κ2) is 3.95. The summed E-state index contributed by atoms with van der Waals surface area (Å²) in [6, 6.07) is 11.2. The number of hydrogen-bond acceptors (Lipinski definition) is 0. The van der Waals surface area contributed by atoms with Gasteiger partial charge in [0.15, 0.2) is 0 Å². The molecule has 1 nitrogen and oxygen atoms in total. The highest BCUT2D eigenvalue weighted by molar-refractivity contribution is 5.86. The third kappa shape index (κ3) is 1.78. The van der Waals surface area contributed by atoms with Gasteiger partial charge in [-0.2, -0.15) is 0 Å². The molecular formula is C15H11F2N. The number of halogens is 2. The fourth-order valence-electron chi connectivity index (χ4n) is 2.10. The van der Waals surface area contributed by atoms with Gasteiger partial charge in [-0.15, -0.1) is 0 Å². The molecule has 0 spiro atoms. The lowest BCUT2D eigenvalue weighted by Gasteiger charge is -2.00. The molecule has 0 unspecified atom stereocenters. The Morgan fingerprint density at radius 2 is 1.78 bits per heavy atom. The fraction of sp³-hybridized carbons (Fsp3) is 0.0667. The number of hydrogen-bond donors (Lipinski definition) is 1. The van der Waals surface area contributed by atoms with Crippen molar-refractivity contribution in [2.45, 2.75) is 6.92 Å². The fourth-order valence-corrected chi connectivity index (χ4v) is 2.10. The van der Waals surface area contributed by atoms with E-state index in [2.05, 4.69) is 4.98 Å². The minimum atomic E-state index is -0.443. The molecule has 0 fully saturated rings. The van der Waals surface area contributed by atoms with E-state index in [4.69, 9.17) is 0 Å². The lowest BCUT2D eigenvalue weighted by Crippen LogP contribution is -1.85. The van der Waals surface area contributed by atoms with Crippen LogP contribution in [0.3, 0.4) is 0 Å². The van der Waals surface area contributed by atoms with E-state index in [9.17, 15) is 8.78 Å². The first-order valence-corrected chi connectivity index (χ1v) is 5.68. The molecule has 0 amide bonds. The number of benzene rings is 2. The Morgan fingerprint density at radius 1 is 0.944 bits per heavy atom. The SMILES string of the molecule is Cc1ccc2[nH]c(-c3cc(F)ccc3F)cc2c1. The van der Waals surface area contributed by atoms with E-state index < -0.39 is 11.6 Å². The third-order valence-corrected chi connectivity index (χ3v) is 2.99. The highest BCUT2D eigenvalue weighted by Crippen LogP contribution is 2.27. The Morgan fingerprint density at radius 3 is 2.61 bits per heavy atom. The largest absolute Gasteiger partial charge is 0.354 e. The summed E-state index contributed by atoms with van der Waals surface area (Å²) < 4.78 is 26.8. The van der Waals surface area contributed by atoms with Crippen molar-refractivity contribution >= 4 is 10.9 Å². The van der Waals surface area contributed by atoms with Crippen LogP contribution in [0.4, 0.5) is 8.78 Å². The summed E-state index contributed by atoms with van der Waals surface area (Å²) in [4.78, 5) is 3.10. The lowest BCUT2D eigenvalue weighted by atomic mass is 10.1. The van der Waals surface area contributed by atoms with Gasteiger partial charge in [-0.05, 0) is 43.3 Å². The van der Waals surface area contributed by atoms with E-state index in [0.717, 1.165) is 28.6 Å². The predicted molar refractivity (Wildman–Crippen MR) is 68.4 cm³/mol. The number of aromatic nitrogens is 1. The highest BCUT2D eigenvalue weighted by Gasteiger charge is 2.09. The maximum absolute atomic E-state index is 13.7. The number of nitrogens with one attached hydrogen (secondary N) is 1. The Kier molecular flexibility index (Phi) is 2.40. The summed E-state index contributed by atoms with van der Waals surface area (Å²) in [5.41, 5.74) is 2.89. The van der Waals surface area contributed by atoms with Gasteiger partial charge in [0.1, 0.15) is 11.6 Å². The quantitative estimate of drug-likeness (QED) is 0.651. The van der Waals surface area contributed by atoms with Crippen LogP contribution in [0, 0.1) is 18.6 Å². The third-order valence-electron chi connectivity index (χ3n) is 2.99. The molecule has 0 saturated heterocycles. The summed E-state index contributed by atoms with van der Waals surface area (Å²) >= 11 is 0. The normalized spacial score (nSPS) is 11.1. The van der Waals surface area contributed by atoms with Gasteiger partial charge in [0, 0.05) is 22.2 Å². The van der Waals surface area contributed by atoms with Crippen LogP contribution in [0.2, 0.25) is 0 Å². The second-order valence-corrected chi connectivity index (χ2v) is 4.40. The maximum Gasteiger partial charge on any atom is 0.132 e. The summed E-state index contributed by atoms with van der Waals surface area (Å²) in [6.45, 7) is 1.99. The van der Waals surface area contributed by atoms with E-state index in [-0.39, 0.29) is 5.56 Å². The molecule has 0 aliphatic rings. The molecule has 1 heterocycles. The molecule has 0 bridgehead atoms. The van der Waals surface area contributed by atoms with Crippen molar-refractivity contribution in [3.8, 4) is 11.3 Å². The molecule has 18 heavy (non-hydrogen) atoms. The molecule has 0 atom stereocenters. The van der Waals surface area contributed by atoms with Crippen LogP contribution in [0.5, 0.6) is 0 Å². The van der Waals surface area contributed by atoms with Crippen LogP contribution < -0.4 is 0 Å². The topological polar surface area (TPSA) is 15.8 Å². The van der Waals surface area contributed by atoms with Crippen molar-refractivity contribution < 1.29 is 8.78 Å². The molecule has 1 aromatic heterocycles. The van der Waals surface area contributed by atoms with Gasteiger partial charge < -0.3 is 4.98 Å². The van der Waals surface area contributed by atoms with E-state index >= 15 is 0 Å². The first-order valence-electron chi connectivity index (χ1n) is 5.68. The number of aromatic amines is 1. The Balaban J connectivity index is 2.22. The molecule has 1 N–H and O–H groups in total. The zero-order valence-corrected chi connectivity index (χ0v) is 9.80. The number of rotatable bonds is 1. The van der Waals surface area contributed by atoms with Gasteiger partial charge in [0.2, 0.25) is 0 Å². The predicted octanol–water partition coefficient (Wildman–Crippen LogP) is 4.42. The Labute approximate surface area is 103 Å². The zero-order valence-electron chi connectivity index (χ0n) is 9.80. The molecule has 0 saturated carbocycles. The summed E-state index contributed by atoms with van der Waals surface area (Å²) in [5.74, 6) is -0.874. The van der Waals surface area contributed by atoms with E-state index in [1.54, 1.807) is 0 Å². The smallest absolute Gasteiger partial charge is 0.132 e. The molecule has 3 heteroatoms. The average Bonchev–Trinajstić information content (AvgIpc) is 2.74. The van der Waals surface area contributed by atoms with Gasteiger partial charge in [-0.25, -0.2) is 8.78 Å². The van der Waals surface area contributed by atoms with Gasteiger partial charge in [0.05, 0.1) is 0 Å². The van der Waals surface area contributed by atoms with E-state index in [1.807, 2.05) is 31.2 Å². The zero-order chi connectivity index (χ0) is 12.7. The number of H-pyrrole nitrogens is 1. The molecule has 3 aromatic rings. The summed E-state index contributed by atoms with van der Waals surface area (Å²) in [5, 5.41) is 0.994. The Bertz CT molecular complexity index is 728. The minimum absolute atomic E-state index is 0.254. The minimum Gasteiger partial charge on any atom is -0.354 e. The second-order valence-electron chi connectivity index (χ2n) is 4.40. The van der Waals surface area contributed by atoms with Crippen LogP contribution in [-0.4, -0.2) is 4.98 Å². The van der Waals surface area contributed by atoms with Crippen LogP contribution in [0.15, 0.2) is 42.5 Å². The maximum atomic E-state index is 13.7. The molecule has 2 aromatic carbocycles. The van der Waals surface area contributed by atoms with E-state index in [1.165, 1.54) is 6.07 Å². The van der Waals surface area contributed by atoms with E-state index in [0.29, 0.717) is 5.69 Å². The van der Waals surface area contributed by atoms with Crippen molar-refractivity contribution in [1.82, 2.24) is 4.98 Å². The van der Waals surface area contributed by atoms with Crippen LogP contribution in [0.1, 0.15) is 5.56 Å². The summed E-state index contributed by atoms with van der Waals surface area (Å²) in [6.07, 6.45) is 0. The standard InChI is InChI=1S/C15H11F2N/c1-9-2-5-14-10(6-9)7-15(18-14)12-8-11(16)3-4-13(12)17/h2-8,18H,1H3. The van der Waals surface area contributed by atoms with Gasteiger partial charge >= 0.3 is 0 Å². The van der Waals surface area contributed by atoms with Crippen LogP contribution >= 0.6 is 0 Å². The Hall–Kier alpha value is -2.16. The first-order chi connectivity index (χ1) is 8.63. The molecular weight excluding hydrogens is 232 g/mol. The van der Waals surface area contributed by atoms with Gasteiger partial charge in [-0.1, -0.05) is 11.6 Å². The number of fused-ring (bicyclic) bond motifs is 1. The highest BCUT2D eigenvalue weighted by atomic mass is 19.1. The monoisotopic (exact) mass is 243 g/mol. The van der Waals surface area contributed by atoms with Gasteiger partial charge in [0.25, 0.3) is 0 Å². The lowest BCUT2D eigenvalue weighted by molar-refractivity contribution is 0.603. The number of aryl methyl sites for hydroxylation is 1. The van der Waals surface area contributed by atoms with Gasteiger partial charge in [-0.3, -0.25) is 0 Å². The van der Waals surface area contributed by atoms with Crippen molar-refractivity contribution in [1.29, 1.82) is 0 Å². The molecule has 90 valence electrons. The van der Waals surface area contributed by atoms with Crippen molar-refractivity contribution in [3.05, 3.63) is 59.7 Å².